The molecule has 2 aromatic rings. The zero-order chi connectivity index (χ0) is 14.6. The minimum Gasteiger partial charge on any atom is -0.467 e. The summed E-state index contributed by atoms with van der Waals surface area (Å²) in [4.78, 5) is 0. The van der Waals surface area contributed by atoms with Gasteiger partial charge in [0.1, 0.15) is 17.2 Å². The van der Waals surface area contributed by atoms with E-state index in [0.717, 1.165) is 33.7 Å². The minimum atomic E-state index is -0.472. The molecular weight excluding hydrogens is 332 g/mol. The SMILES string of the molecule is CC1(C)Oc2ccc(Br)cc2C2CC(c3ccco3)=NN21. The molecule has 0 spiro atoms. The number of rotatable bonds is 1. The summed E-state index contributed by atoms with van der Waals surface area (Å²) < 4.78 is 12.7. The zero-order valence-corrected chi connectivity index (χ0v) is 13.4. The van der Waals surface area contributed by atoms with Crippen LogP contribution in [0.25, 0.3) is 0 Å². The maximum Gasteiger partial charge on any atom is 0.192 e. The lowest BCUT2D eigenvalue weighted by atomic mass is 9.97. The summed E-state index contributed by atoms with van der Waals surface area (Å²) in [5.41, 5.74) is 1.66. The first-order chi connectivity index (χ1) is 10.0. The largest absolute Gasteiger partial charge is 0.467 e. The third-order valence-corrected chi connectivity index (χ3v) is 4.45. The van der Waals surface area contributed by atoms with Gasteiger partial charge in [-0.15, -0.1) is 0 Å². The van der Waals surface area contributed by atoms with Crippen LogP contribution in [0.4, 0.5) is 0 Å². The highest BCUT2D eigenvalue weighted by molar-refractivity contribution is 9.10. The highest BCUT2D eigenvalue weighted by Gasteiger charge is 2.45. The molecule has 21 heavy (non-hydrogen) atoms. The number of hydrogen-bond donors (Lipinski definition) is 0. The van der Waals surface area contributed by atoms with Crippen molar-refractivity contribution in [3.05, 3.63) is 52.4 Å². The fourth-order valence-electron chi connectivity index (χ4n) is 3.03. The van der Waals surface area contributed by atoms with Crippen LogP contribution in [0.15, 0.2) is 50.6 Å². The van der Waals surface area contributed by atoms with Crippen LogP contribution < -0.4 is 4.74 Å². The molecule has 5 heteroatoms. The van der Waals surface area contributed by atoms with Gasteiger partial charge in [-0.05, 0) is 44.2 Å². The van der Waals surface area contributed by atoms with Gasteiger partial charge in [0.05, 0.1) is 12.3 Å². The number of hydrogen-bond acceptors (Lipinski definition) is 4. The highest BCUT2D eigenvalue weighted by atomic mass is 79.9. The van der Waals surface area contributed by atoms with Gasteiger partial charge in [0.15, 0.2) is 5.72 Å². The average Bonchev–Trinajstić information content (AvgIpc) is 3.07. The highest BCUT2D eigenvalue weighted by Crippen LogP contribution is 2.47. The lowest BCUT2D eigenvalue weighted by molar-refractivity contribution is -0.0911. The van der Waals surface area contributed by atoms with E-state index in [1.807, 2.05) is 43.1 Å². The molecule has 108 valence electrons. The third-order valence-electron chi connectivity index (χ3n) is 3.96. The molecule has 0 fully saturated rings. The monoisotopic (exact) mass is 346 g/mol. The number of fused-ring (bicyclic) bond motifs is 3. The maximum absolute atomic E-state index is 6.12. The number of halogens is 1. The first kappa shape index (κ1) is 13.0. The topological polar surface area (TPSA) is 38.0 Å². The second-order valence-electron chi connectivity index (χ2n) is 5.82. The molecule has 4 nitrogen and oxygen atoms in total. The lowest BCUT2D eigenvalue weighted by Crippen LogP contribution is -2.48. The quantitative estimate of drug-likeness (QED) is 0.771. The molecule has 2 aliphatic rings. The van der Waals surface area contributed by atoms with Gasteiger partial charge in [-0.2, -0.15) is 5.10 Å². The standard InChI is InChI=1S/C16H15BrN2O2/c1-16(2)19-13(9-12(18-19)15-4-3-7-20-15)11-8-10(17)5-6-14(11)21-16/h3-8,13H,9H2,1-2H3. The summed E-state index contributed by atoms with van der Waals surface area (Å²) in [5.74, 6) is 1.76. The second kappa shape index (κ2) is 4.37. The van der Waals surface area contributed by atoms with E-state index in [9.17, 15) is 0 Å². The van der Waals surface area contributed by atoms with Crippen molar-refractivity contribution >= 4 is 21.6 Å². The Morgan fingerprint density at radius 3 is 2.95 bits per heavy atom. The van der Waals surface area contributed by atoms with Crippen molar-refractivity contribution in [3.8, 4) is 5.75 Å². The van der Waals surface area contributed by atoms with Crippen molar-refractivity contribution in [2.75, 3.05) is 0 Å². The number of hydrazone groups is 1. The van der Waals surface area contributed by atoms with Gasteiger partial charge < -0.3 is 9.15 Å². The van der Waals surface area contributed by atoms with Crippen molar-refractivity contribution < 1.29 is 9.15 Å². The van der Waals surface area contributed by atoms with Crippen LogP contribution >= 0.6 is 15.9 Å². The fourth-order valence-corrected chi connectivity index (χ4v) is 3.41. The number of benzene rings is 1. The molecule has 0 N–H and O–H groups in total. The fraction of sp³-hybridized carbons (Fsp3) is 0.312. The Morgan fingerprint density at radius 1 is 1.33 bits per heavy atom. The molecule has 0 saturated heterocycles. The van der Waals surface area contributed by atoms with E-state index in [1.165, 1.54) is 0 Å². The van der Waals surface area contributed by atoms with E-state index >= 15 is 0 Å². The van der Waals surface area contributed by atoms with Crippen molar-refractivity contribution in [3.63, 3.8) is 0 Å². The minimum absolute atomic E-state index is 0.182. The summed E-state index contributed by atoms with van der Waals surface area (Å²) in [6, 6.07) is 10.2. The summed E-state index contributed by atoms with van der Waals surface area (Å²) in [7, 11) is 0. The van der Waals surface area contributed by atoms with E-state index in [4.69, 9.17) is 14.3 Å². The Morgan fingerprint density at radius 2 is 2.19 bits per heavy atom. The Balaban J connectivity index is 1.80. The second-order valence-corrected chi connectivity index (χ2v) is 6.74. The Bertz CT molecular complexity index is 722. The van der Waals surface area contributed by atoms with Crippen LogP contribution in [0, 0.1) is 0 Å². The number of nitrogens with zero attached hydrogens (tertiary/aromatic N) is 2. The van der Waals surface area contributed by atoms with Gasteiger partial charge in [0, 0.05) is 16.5 Å². The van der Waals surface area contributed by atoms with Gasteiger partial charge >= 0.3 is 0 Å². The first-order valence-electron chi connectivity index (χ1n) is 6.94. The van der Waals surface area contributed by atoms with Gasteiger partial charge in [-0.25, -0.2) is 5.01 Å². The Kier molecular flexibility index (Phi) is 2.70. The molecule has 1 aromatic heterocycles. The van der Waals surface area contributed by atoms with Crippen LogP contribution in [0.5, 0.6) is 5.75 Å². The van der Waals surface area contributed by atoms with Gasteiger partial charge in [0.2, 0.25) is 0 Å². The van der Waals surface area contributed by atoms with Crippen molar-refractivity contribution in [2.45, 2.75) is 32.0 Å². The molecule has 0 bridgehead atoms. The van der Waals surface area contributed by atoms with Crippen LogP contribution in [0.3, 0.4) is 0 Å². The molecule has 0 amide bonds. The molecular formula is C16H15BrN2O2. The molecule has 2 aliphatic heterocycles. The van der Waals surface area contributed by atoms with Gasteiger partial charge in [-0.1, -0.05) is 15.9 Å². The average molecular weight is 347 g/mol. The van der Waals surface area contributed by atoms with Gasteiger partial charge in [0.25, 0.3) is 0 Å². The summed E-state index contributed by atoms with van der Waals surface area (Å²) >= 11 is 3.54. The van der Waals surface area contributed by atoms with Crippen LogP contribution in [0.1, 0.15) is 37.6 Å². The van der Waals surface area contributed by atoms with E-state index in [1.54, 1.807) is 6.26 Å². The first-order valence-corrected chi connectivity index (χ1v) is 7.73. The molecule has 0 saturated carbocycles. The molecule has 3 heterocycles. The van der Waals surface area contributed by atoms with E-state index < -0.39 is 5.72 Å². The normalized spacial score (nSPS) is 22.3. The molecule has 1 unspecified atom stereocenters. The predicted octanol–water partition coefficient (Wildman–Crippen LogP) is 4.32. The molecule has 1 atom stereocenters. The Hall–Kier alpha value is -1.75. The number of furan rings is 1. The van der Waals surface area contributed by atoms with Crippen molar-refractivity contribution in [1.82, 2.24) is 5.01 Å². The number of ether oxygens (including phenoxy) is 1. The third kappa shape index (κ3) is 1.99. The van der Waals surface area contributed by atoms with Crippen molar-refractivity contribution in [1.29, 1.82) is 0 Å². The predicted molar refractivity (Wildman–Crippen MR) is 83.3 cm³/mol. The summed E-state index contributed by atoms with van der Waals surface area (Å²) in [6.45, 7) is 4.08. The molecule has 0 aliphatic carbocycles. The Labute approximate surface area is 131 Å². The molecule has 1 aromatic carbocycles. The van der Waals surface area contributed by atoms with E-state index in [0.29, 0.717) is 0 Å². The van der Waals surface area contributed by atoms with Crippen LogP contribution in [0.2, 0.25) is 0 Å². The maximum atomic E-state index is 6.12. The van der Waals surface area contributed by atoms with Crippen molar-refractivity contribution in [2.24, 2.45) is 5.10 Å². The zero-order valence-electron chi connectivity index (χ0n) is 11.8. The van der Waals surface area contributed by atoms with E-state index in [-0.39, 0.29) is 6.04 Å². The van der Waals surface area contributed by atoms with Gasteiger partial charge in [-0.3, -0.25) is 0 Å². The molecule has 4 rings (SSSR count). The summed E-state index contributed by atoms with van der Waals surface area (Å²) in [6.07, 6.45) is 2.51. The van der Waals surface area contributed by atoms with Crippen LogP contribution in [-0.4, -0.2) is 16.4 Å². The lowest BCUT2D eigenvalue weighted by Gasteiger charge is -2.43. The van der Waals surface area contributed by atoms with E-state index in [2.05, 4.69) is 22.0 Å². The molecule has 0 radical (unpaired) electrons. The smallest absolute Gasteiger partial charge is 0.192 e. The summed E-state index contributed by atoms with van der Waals surface area (Å²) in [5, 5.41) is 6.79. The van der Waals surface area contributed by atoms with Crippen LogP contribution in [-0.2, 0) is 0 Å².